The molecule has 0 aliphatic heterocycles. The van der Waals surface area contributed by atoms with E-state index in [9.17, 15) is 8.78 Å². The van der Waals surface area contributed by atoms with Gasteiger partial charge >= 0.3 is 0 Å². The van der Waals surface area contributed by atoms with Crippen LogP contribution in [-0.4, -0.2) is 20.1 Å². The number of halogens is 3. The van der Waals surface area contributed by atoms with Gasteiger partial charge in [0.25, 0.3) is 6.43 Å². The van der Waals surface area contributed by atoms with Crippen LogP contribution < -0.4 is 10.1 Å². The van der Waals surface area contributed by atoms with Crippen LogP contribution >= 0.6 is 12.4 Å². The second kappa shape index (κ2) is 6.53. The van der Waals surface area contributed by atoms with Gasteiger partial charge in [-0.1, -0.05) is 0 Å². The van der Waals surface area contributed by atoms with Gasteiger partial charge in [-0.2, -0.15) is 0 Å². The van der Waals surface area contributed by atoms with Crippen LogP contribution in [0.3, 0.4) is 0 Å². The van der Waals surface area contributed by atoms with E-state index in [1.165, 1.54) is 0 Å². The lowest BCUT2D eigenvalue weighted by atomic mass is 10.1. The molecular formula is C11H16ClF2NO. The average Bonchev–Trinajstić information content (AvgIpc) is 2.15. The summed E-state index contributed by atoms with van der Waals surface area (Å²) in [6.45, 7) is 3.13. The summed E-state index contributed by atoms with van der Waals surface area (Å²) < 4.78 is 29.0. The molecular weight excluding hydrogens is 236 g/mol. The maximum absolute atomic E-state index is 12.0. The zero-order valence-electron chi connectivity index (χ0n) is 9.51. The number of hydrogen-bond donors (Lipinski definition) is 1. The van der Waals surface area contributed by atoms with E-state index < -0.39 is 13.0 Å². The third-order valence-corrected chi connectivity index (χ3v) is 2.10. The number of alkyl halides is 2. The third-order valence-electron chi connectivity index (χ3n) is 2.10. The number of nitrogens with one attached hydrogen (secondary N) is 1. The lowest BCUT2D eigenvalue weighted by Gasteiger charge is -2.13. The smallest absolute Gasteiger partial charge is 0.272 e. The first kappa shape index (κ1) is 15.0. The molecule has 0 bridgehead atoms. The van der Waals surface area contributed by atoms with E-state index in [0.717, 1.165) is 16.8 Å². The topological polar surface area (TPSA) is 21.3 Å². The summed E-state index contributed by atoms with van der Waals surface area (Å²) in [7, 11) is 1.81. The molecule has 0 fully saturated rings. The van der Waals surface area contributed by atoms with Gasteiger partial charge in [0.1, 0.15) is 12.4 Å². The molecule has 1 aromatic carbocycles. The predicted molar refractivity (Wildman–Crippen MR) is 64.2 cm³/mol. The van der Waals surface area contributed by atoms with Crippen LogP contribution in [0.2, 0.25) is 0 Å². The minimum Gasteiger partial charge on any atom is -0.487 e. The third kappa shape index (κ3) is 3.85. The van der Waals surface area contributed by atoms with Crippen LogP contribution in [0.5, 0.6) is 5.75 Å². The summed E-state index contributed by atoms with van der Waals surface area (Å²) in [6.07, 6.45) is -2.44. The fourth-order valence-electron chi connectivity index (χ4n) is 1.47. The van der Waals surface area contributed by atoms with E-state index in [2.05, 4.69) is 5.32 Å². The van der Waals surface area contributed by atoms with Crippen molar-refractivity contribution < 1.29 is 13.5 Å². The minimum absolute atomic E-state index is 0. The van der Waals surface area contributed by atoms with Crippen molar-refractivity contribution in [1.29, 1.82) is 0 Å². The van der Waals surface area contributed by atoms with Gasteiger partial charge in [-0.25, -0.2) is 8.78 Å². The molecule has 16 heavy (non-hydrogen) atoms. The van der Waals surface area contributed by atoms with E-state index in [4.69, 9.17) is 4.74 Å². The van der Waals surface area contributed by atoms with Gasteiger partial charge in [-0.05, 0) is 37.1 Å². The Hall–Kier alpha value is -1.03. The number of rotatable bonds is 4. The molecule has 0 spiro atoms. The highest BCUT2D eigenvalue weighted by atomic mass is 35.5. The van der Waals surface area contributed by atoms with Crippen molar-refractivity contribution in [2.24, 2.45) is 0 Å². The fourth-order valence-corrected chi connectivity index (χ4v) is 1.47. The maximum Gasteiger partial charge on any atom is 0.272 e. The molecule has 0 unspecified atom stereocenters. The molecule has 92 valence electrons. The molecule has 0 amide bonds. The van der Waals surface area contributed by atoms with E-state index >= 15 is 0 Å². The van der Waals surface area contributed by atoms with Crippen molar-refractivity contribution in [3.63, 3.8) is 0 Å². The average molecular weight is 252 g/mol. The summed E-state index contributed by atoms with van der Waals surface area (Å²) in [4.78, 5) is 0. The largest absolute Gasteiger partial charge is 0.487 e. The second-order valence-electron chi connectivity index (χ2n) is 3.39. The number of aryl methyl sites for hydroxylation is 2. The van der Waals surface area contributed by atoms with Crippen molar-refractivity contribution >= 4 is 18.1 Å². The Morgan fingerprint density at radius 3 is 2.12 bits per heavy atom. The molecule has 1 N–H and O–H groups in total. The Labute approximate surface area is 100 Å². The van der Waals surface area contributed by atoms with Gasteiger partial charge in [-0.15, -0.1) is 12.4 Å². The highest BCUT2D eigenvalue weighted by molar-refractivity contribution is 5.85. The first-order chi connectivity index (χ1) is 7.04. The van der Waals surface area contributed by atoms with Gasteiger partial charge in [0.05, 0.1) is 0 Å². The minimum atomic E-state index is -2.44. The standard InChI is InChI=1S/C11H15F2NO.ClH/c1-7-4-9(14-3)5-8(2)11(7)15-6-10(12)13;/h4-5,10,14H,6H2,1-3H3;1H. The van der Waals surface area contributed by atoms with E-state index in [1.807, 2.05) is 33.0 Å². The van der Waals surface area contributed by atoms with Crippen molar-refractivity contribution in [3.05, 3.63) is 23.3 Å². The Morgan fingerprint density at radius 1 is 1.25 bits per heavy atom. The van der Waals surface area contributed by atoms with Gasteiger partial charge in [0, 0.05) is 12.7 Å². The Kier molecular flexibility index (Phi) is 6.11. The molecule has 2 nitrogen and oxygen atoms in total. The zero-order chi connectivity index (χ0) is 11.4. The summed E-state index contributed by atoms with van der Waals surface area (Å²) in [5.74, 6) is 0.550. The molecule has 0 aliphatic rings. The van der Waals surface area contributed by atoms with Crippen LogP contribution in [0.4, 0.5) is 14.5 Å². The van der Waals surface area contributed by atoms with Gasteiger partial charge in [-0.3, -0.25) is 0 Å². The Morgan fingerprint density at radius 2 is 1.75 bits per heavy atom. The van der Waals surface area contributed by atoms with Gasteiger partial charge < -0.3 is 10.1 Å². The highest BCUT2D eigenvalue weighted by Crippen LogP contribution is 2.27. The molecule has 0 heterocycles. The van der Waals surface area contributed by atoms with Crippen molar-refractivity contribution in [3.8, 4) is 5.75 Å². The van der Waals surface area contributed by atoms with Gasteiger partial charge in [0.2, 0.25) is 0 Å². The number of hydrogen-bond acceptors (Lipinski definition) is 2. The molecule has 0 saturated carbocycles. The molecule has 5 heteroatoms. The van der Waals surface area contributed by atoms with E-state index in [-0.39, 0.29) is 12.4 Å². The molecule has 0 aliphatic carbocycles. The lowest BCUT2D eigenvalue weighted by molar-refractivity contribution is 0.0812. The van der Waals surface area contributed by atoms with E-state index in [1.54, 1.807) is 0 Å². The first-order valence-electron chi connectivity index (χ1n) is 4.74. The number of ether oxygens (including phenoxy) is 1. The summed E-state index contributed by atoms with van der Waals surface area (Å²) >= 11 is 0. The lowest BCUT2D eigenvalue weighted by Crippen LogP contribution is -2.09. The second-order valence-corrected chi connectivity index (χ2v) is 3.39. The molecule has 0 radical (unpaired) electrons. The molecule has 1 aromatic rings. The molecule has 0 atom stereocenters. The number of benzene rings is 1. The van der Waals surface area contributed by atoms with Crippen LogP contribution in [0.1, 0.15) is 11.1 Å². The molecule has 0 saturated heterocycles. The first-order valence-corrected chi connectivity index (χ1v) is 4.74. The quantitative estimate of drug-likeness (QED) is 0.886. The predicted octanol–water partition coefficient (Wildman–Crippen LogP) is 3.41. The van der Waals surface area contributed by atoms with E-state index in [0.29, 0.717) is 5.75 Å². The van der Waals surface area contributed by atoms with Gasteiger partial charge in [0.15, 0.2) is 0 Å². The summed E-state index contributed by atoms with van der Waals surface area (Å²) in [6, 6.07) is 3.74. The Bertz CT molecular complexity index is 322. The van der Waals surface area contributed by atoms with Crippen LogP contribution in [0.25, 0.3) is 0 Å². The van der Waals surface area contributed by atoms with Crippen molar-refractivity contribution in [2.75, 3.05) is 19.0 Å². The monoisotopic (exact) mass is 251 g/mol. The highest BCUT2D eigenvalue weighted by Gasteiger charge is 2.09. The van der Waals surface area contributed by atoms with Crippen molar-refractivity contribution in [1.82, 2.24) is 0 Å². The maximum atomic E-state index is 12.0. The molecule has 1 rings (SSSR count). The summed E-state index contributed by atoms with van der Waals surface area (Å²) in [5, 5.41) is 3.00. The van der Waals surface area contributed by atoms with Crippen LogP contribution in [-0.2, 0) is 0 Å². The zero-order valence-corrected chi connectivity index (χ0v) is 10.3. The van der Waals surface area contributed by atoms with Crippen LogP contribution in [0.15, 0.2) is 12.1 Å². The van der Waals surface area contributed by atoms with Crippen LogP contribution in [0, 0.1) is 13.8 Å². The molecule has 0 aromatic heterocycles. The normalized spacial score (nSPS) is 9.88. The number of anilines is 1. The SMILES string of the molecule is CNc1cc(C)c(OCC(F)F)c(C)c1.Cl. The summed E-state index contributed by atoms with van der Waals surface area (Å²) in [5.41, 5.74) is 2.68. The fraction of sp³-hybridized carbons (Fsp3) is 0.455. The van der Waals surface area contributed by atoms with Crippen molar-refractivity contribution in [2.45, 2.75) is 20.3 Å². The Balaban J connectivity index is 0.00000225.